The Bertz CT molecular complexity index is 437. The molecule has 0 amide bonds. The number of nitrogens with one attached hydrogen (secondary N) is 1. The van der Waals surface area contributed by atoms with Gasteiger partial charge in [-0.25, -0.2) is 0 Å². The van der Waals surface area contributed by atoms with E-state index in [-0.39, 0.29) is 5.75 Å². The summed E-state index contributed by atoms with van der Waals surface area (Å²) in [4.78, 5) is 0. The molecule has 0 atom stereocenters. The minimum Gasteiger partial charge on any atom is -0.504 e. The van der Waals surface area contributed by atoms with Crippen LogP contribution in [-0.4, -0.2) is 12.2 Å². The quantitative estimate of drug-likeness (QED) is 0.808. The second-order valence-electron chi connectivity index (χ2n) is 3.02. The van der Waals surface area contributed by atoms with Crippen LogP contribution in [0.2, 0.25) is 0 Å². The fraction of sp³-hybridized carbons (Fsp3) is 0.0909. The number of ether oxygens (including phenoxy) is 1. The number of furan rings is 1. The Morgan fingerprint density at radius 1 is 1.27 bits per heavy atom. The smallest absolute Gasteiger partial charge is 0.160 e. The van der Waals surface area contributed by atoms with E-state index in [1.54, 1.807) is 30.7 Å². The topological polar surface area (TPSA) is 54.6 Å². The summed E-state index contributed by atoms with van der Waals surface area (Å²) in [7, 11) is 1.51. The first-order chi connectivity index (χ1) is 7.29. The molecule has 2 N–H and O–H groups in total. The van der Waals surface area contributed by atoms with Crippen molar-refractivity contribution in [2.75, 3.05) is 12.4 Å². The van der Waals surface area contributed by atoms with Crippen molar-refractivity contribution in [3.05, 3.63) is 36.8 Å². The van der Waals surface area contributed by atoms with Gasteiger partial charge in [0.05, 0.1) is 19.1 Å². The highest BCUT2D eigenvalue weighted by Gasteiger charge is 2.02. The molecule has 15 heavy (non-hydrogen) atoms. The molecule has 0 unspecified atom stereocenters. The minimum atomic E-state index is 0.103. The van der Waals surface area contributed by atoms with Gasteiger partial charge in [0.15, 0.2) is 11.5 Å². The van der Waals surface area contributed by atoms with Crippen molar-refractivity contribution >= 4 is 11.4 Å². The van der Waals surface area contributed by atoms with Crippen LogP contribution in [-0.2, 0) is 0 Å². The molecular weight excluding hydrogens is 194 g/mol. The monoisotopic (exact) mass is 205 g/mol. The molecule has 0 bridgehead atoms. The van der Waals surface area contributed by atoms with E-state index in [2.05, 4.69) is 5.32 Å². The maximum atomic E-state index is 9.53. The molecule has 0 saturated carbocycles. The Kier molecular flexibility index (Phi) is 2.49. The highest BCUT2D eigenvalue weighted by Crippen LogP contribution is 2.29. The van der Waals surface area contributed by atoms with Crippen molar-refractivity contribution in [3.8, 4) is 11.5 Å². The number of methoxy groups -OCH3 is 1. The average molecular weight is 205 g/mol. The molecule has 4 nitrogen and oxygen atoms in total. The molecule has 0 fully saturated rings. The Morgan fingerprint density at radius 2 is 2.13 bits per heavy atom. The third kappa shape index (κ3) is 2.04. The number of hydrogen-bond acceptors (Lipinski definition) is 4. The highest BCUT2D eigenvalue weighted by atomic mass is 16.5. The predicted octanol–water partition coefficient (Wildman–Crippen LogP) is 2.74. The molecule has 4 heteroatoms. The molecule has 0 aliphatic carbocycles. The molecule has 1 aromatic heterocycles. The number of anilines is 2. The first-order valence-electron chi connectivity index (χ1n) is 4.46. The largest absolute Gasteiger partial charge is 0.504 e. The molecule has 0 aliphatic heterocycles. The van der Waals surface area contributed by atoms with Gasteiger partial charge in [-0.05, 0) is 18.2 Å². The van der Waals surface area contributed by atoms with E-state index in [1.165, 1.54) is 7.11 Å². The summed E-state index contributed by atoms with van der Waals surface area (Å²) in [6, 6.07) is 6.89. The van der Waals surface area contributed by atoms with Crippen molar-refractivity contribution in [1.82, 2.24) is 0 Å². The molecule has 78 valence electrons. The number of benzene rings is 1. The van der Waals surface area contributed by atoms with Crippen LogP contribution in [0.25, 0.3) is 0 Å². The number of hydrogen-bond donors (Lipinski definition) is 2. The Hall–Kier alpha value is -2.10. The van der Waals surface area contributed by atoms with E-state index in [9.17, 15) is 5.11 Å². The zero-order chi connectivity index (χ0) is 10.7. The van der Waals surface area contributed by atoms with Gasteiger partial charge in [-0.3, -0.25) is 0 Å². The van der Waals surface area contributed by atoms with Gasteiger partial charge >= 0.3 is 0 Å². The summed E-state index contributed by atoms with van der Waals surface area (Å²) < 4.78 is 9.85. The van der Waals surface area contributed by atoms with Gasteiger partial charge in [0.25, 0.3) is 0 Å². The first-order valence-corrected chi connectivity index (χ1v) is 4.46. The maximum Gasteiger partial charge on any atom is 0.160 e. The van der Waals surface area contributed by atoms with Gasteiger partial charge in [0.1, 0.15) is 6.26 Å². The van der Waals surface area contributed by atoms with Gasteiger partial charge < -0.3 is 19.6 Å². The lowest BCUT2D eigenvalue weighted by molar-refractivity contribution is 0.373. The van der Waals surface area contributed by atoms with Crippen molar-refractivity contribution in [2.45, 2.75) is 0 Å². The summed E-state index contributed by atoms with van der Waals surface area (Å²) >= 11 is 0. The number of rotatable bonds is 3. The van der Waals surface area contributed by atoms with E-state index < -0.39 is 0 Å². The average Bonchev–Trinajstić information content (AvgIpc) is 2.71. The molecule has 0 saturated heterocycles. The van der Waals surface area contributed by atoms with Crippen LogP contribution in [0.4, 0.5) is 11.4 Å². The SMILES string of the molecule is COc1ccc(Nc2ccoc2)cc1O. The van der Waals surface area contributed by atoms with Gasteiger partial charge in [-0.2, -0.15) is 0 Å². The molecule has 1 heterocycles. The number of phenolic OH excluding ortho intramolecular Hbond substituents is 1. The molecule has 0 aliphatic rings. The fourth-order valence-corrected chi connectivity index (χ4v) is 1.27. The van der Waals surface area contributed by atoms with E-state index in [0.29, 0.717) is 5.75 Å². The van der Waals surface area contributed by atoms with Crippen molar-refractivity contribution in [3.63, 3.8) is 0 Å². The summed E-state index contributed by atoms with van der Waals surface area (Å²) in [5.41, 5.74) is 1.61. The van der Waals surface area contributed by atoms with Crippen LogP contribution >= 0.6 is 0 Å². The van der Waals surface area contributed by atoms with E-state index in [1.807, 2.05) is 6.07 Å². The molecule has 2 rings (SSSR count). The summed E-state index contributed by atoms with van der Waals surface area (Å²) in [5, 5.41) is 12.6. The van der Waals surface area contributed by atoms with E-state index in [4.69, 9.17) is 9.15 Å². The third-order valence-corrected chi connectivity index (χ3v) is 1.99. The highest BCUT2D eigenvalue weighted by molar-refractivity contribution is 5.62. The van der Waals surface area contributed by atoms with Crippen molar-refractivity contribution in [1.29, 1.82) is 0 Å². The Labute approximate surface area is 87.1 Å². The van der Waals surface area contributed by atoms with Gasteiger partial charge in [-0.1, -0.05) is 0 Å². The summed E-state index contributed by atoms with van der Waals surface area (Å²) in [5.74, 6) is 0.554. The second-order valence-corrected chi connectivity index (χ2v) is 3.02. The normalized spacial score (nSPS) is 9.93. The van der Waals surface area contributed by atoms with Gasteiger partial charge in [0.2, 0.25) is 0 Å². The van der Waals surface area contributed by atoms with Crippen molar-refractivity contribution in [2.24, 2.45) is 0 Å². The molecular formula is C11H11NO3. The van der Waals surface area contributed by atoms with E-state index in [0.717, 1.165) is 11.4 Å². The van der Waals surface area contributed by atoms with Crippen LogP contribution in [0, 0.1) is 0 Å². The molecule has 2 aromatic rings. The van der Waals surface area contributed by atoms with Crippen molar-refractivity contribution < 1.29 is 14.3 Å². The van der Waals surface area contributed by atoms with Crippen LogP contribution in [0.1, 0.15) is 0 Å². The maximum absolute atomic E-state index is 9.53. The Morgan fingerprint density at radius 3 is 2.73 bits per heavy atom. The van der Waals surface area contributed by atoms with Crippen LogP contribution in [0.15, 0.2) is 41.2 Å². The standard InChI is InChI=1S/C11H11NO3/c1-14-11-3-2-8(6-10(11)13)12-9-4-5-15-7-9/h2-7,12-13H,1H3. The van der Waals surface area contributed by atoms with Gasteiger partial charge in [-0.15, -0.1) is 0 Å². The summed E-state index contributed by atoms with van der Waals surface area (Å²) in [6.07, 6.45) is 3.16. The first kappa shape index (κ1) is 9.45. The molecule has 1 aromatic carbocycles. The van der Waals surface area contributed by atoms with Gasteiger partial charge in [0, 0.05) is 11.8 Å². The summed E-state index contributed by atoms with van der Waals surface area (Å²) in [6.45, 7) is 0. The molecule has 0 radical (unpaired) electrons. The zero-order valence-electron chi connectivity index (χ0n) is 8.23. The third-order valence-electron chi connectivity index (χ3n) is 1.99. The Balaban J connectivity index is 2.20. The van der Waals surface area contributed by atoms with E-state index >= 15 is 0 Å². The number of phenols is 1. The van der Waals surface area contributed by atoms with Crippen LogP contribution < -0.4 is 10.1 Å². The van der Waals surface area contributed by atoms with Crippen LogP contribution in [0.5, 0.6) is 11.5 Å². The predicted molar refractivity (Wildman–Crippen MR) is 56.6 cm³/mol. The fourth-order valence-electron chi connectivity index (χ4n) is 1.27. The van der Waals surface area contributed by atoms with Crippen LogP contribution in [0.3, 0.4) is 0 Å². The minimum absolute atomic E-state index is 0.103. The lowest BCUT2D eigenvalue weighted by Gasteiger charge is -2.06. The lowest BCUT2D eigenvalue weighted by Crippen LogP contribution is -1.89. The zero-order valence-corrected chi connectivity index (χ0v) is 8.23. The second kappa shape index (κ2) is 3.96. The number of aromatic hydroxyl groups is 1. The lowest BCUT2D eigenvalue weighted by atomic mass is 10.2. The molecule has 0 spiro atoms.